The fraction of sp³-hybridized carbons (Fsp3) is 0.480. The molecule has 0 radical (unpaired) electrons. The zero-order chi connectivity index (χ0) is 48.9. The molecule has 19 heteroatoms. The quantitative estimate of drug-likeness (QED) is 0.0575. The van der Waals surface area contributed by atoms with Gasteiger partial charge in [-0.05, 0) is 112 Å². The number of ether oxygens (including phenoxy) is 2. The molecule has 3 aromatic carbocycles. The number of H-pyrrole nitrogens is 1. The monoisotopic (exact) mass is 973 g/mol. The first-order valence-electron chi connectivity index (χ1n) is 23.7. The van der Waals surface area contributed by atoms with E-state index in [0.29, 0.717) is 38.2 Å². The van der Waals surface area contributed by atoms with Crippen LogP contribution in [0.5, 0.6) is 17.4 Å². The number of aromatic nitrogens is 2. The number of fused-ring (bicyclic) bond motifs is 1. The number of sulfonamides is 1. The first kappa shape index (κ1) is 48.1. The Balaban J connectivity index is 0.934. The van der Waals surface area contributed by atoms with Crippen molar-refractivity contribution in [1.82, 2.24) is 19.6 Å². The summed E-state index contributed by atoms with van der Waals surface area (Å²) in [7, 11) is -4.69. The minimum atomic E-state index is -4.69. The molecule has 1 spiro atoms. The number of halogens is 3. The van der Waals surface area contributed by atoms with Gasteiger partial charge in [-0.3, -0.25) is 19.8 Å². The minimum Gasteiger partial charge on any atom is -0.475 e. The molecule has 2 saturated heterocycles. The first-order valence-corrected chi connectivity index (χ1v) is 25.2. The number of benzene rings is 3. The molecule has 2 atom stereocenters. The standard InChI is InChI=1S/C50H58F3N7O8S/c1-4-67-47-44(26-37-39(51)28-55-45(37)56-47)68-43-24-32(58-22-20-50(21-23-58)29-59(30-50)41-11-7-9-35(41)34-8-5-6-10-38(34)49(3,52)53)12-14-36(43)46(61)57-69(65,66)33-13-15-40(42(25-33)60(63)64)54-27-31-16-18-48(2,62)19-17-31/h5-6,8,10,12-15,24-26,28,31,35,41,54,62H,4,7,9,11,16-23,27,29-30H2,1-3H3,(H,55,56)(H,57,61)/t31?,35-,41-,48?/m0/s1. The number of aromatic amines is 1. The van der Waals surface area contributed by atoms with Crippen LogP contribution in [0.4, 0.5) is 30.2 Å². The van der Waals surface area contributed by atoms with Crippen LogP contribution in [0, 0.1) is 27.3 Å². The van der Waals surface area contributed by atoms with Crippen molar-refractivity contribution in [1.29, 1.82) is 0 Å². The Labute approximate surface area is 399 Å². The Hall–Kier alpha value is -5.92. The van der Waals surface area contributed by atoms with Crippen molar-refractivity contribution >= 4 is 44.0 Å². The summed E-state index contributed by atoms with van der Waals surface area (Å²) < 4.78 is 86.1. The minimum absolute atomic E-state index is 0.00144. The van der Waals surface area contributed by atoms with Crippen LogP contribution in [0.2, 0.25) is 0 Å². The third kappa shape index (κ3) is 10.1. The molecule has 368 valence electrons. The maximum atomic E-state index is 14.9. The third-order valence-corrected chi connectivity index (χ3v) is 16.1. The first-order chi connectivity index (χ1) is 32.8. The molecular formula is C50H58F3N7O8S. The molecule has 69 heavy (non-hydrogen) atoms. The van der Waals surface area contributed by atoms with E-state index in [1.54, 1.807) is 38.1 Å². The molecule has 0 bridgehead atoms. The number of nitrogens with zero attached hydrogens (tertiary/aromatic N) is 4. The number of carbonyl (C=O) groups is 1. The van der Waals surface area contributed by atoms with Crippen LogP contribution < -0.4 is 24.4 Å². The van der Waals surface area contributed by atoms with Gasteiger partial charge in [0.25, 0.3) is 33.4 Å². The van der Waals surface area contributed by atoms with Gasteiger partial charge in [-0.2, -0.15) is 4.98 Å². The van der Waals surface area contributed by atoms with E-state index < -0.39 is 48.8 Å². The summed E-state index contributed by atoms with van der Waals surface area (Å²) in [5, 5.41) is 25.7. The van der Waals surface area contributed by atoms with Gasteiger partial charge in [0.2, 0.25) is 0 Å². The van der Waals surface area contributed by atoms with Gasteiger partial charge >= 0.3 is 0 Å². The Bertz CT molecular complexity index is 2850. The molecule has 2 aromatic heterocycles. The van der Waals surface area contributed by atoms with E-state index in [9.17, 15) is 41.6 Å². The van der Waals surface area contributed by atoms with Crippen molar-refractivity contribution in [3.63, 3.8) is 0 Å². The summed E-state index contributed by atoms with van der Waals surface area (Å²) in [6.45, 7) is 8.10. The SMILES string of the molecule is CCOc1nc2[nH]cc(F)c2cc1Oc1cc(N2CCC3(CC2)CN([C@H]2CCC[C@H]2c2ccccc2C(C)(F)F)C3)ccc1C(=O)NS(=O)(=O)c1ccc(NCC2CCC(C)(O)CC2)c([N+](=O)[O-])c1. The molecule has 4 N–H and O–H groups in total. The Morgan fingerprint density at radius 2 is 1.75 bits per heavy atom. The second kappa shape index (κ2) is 18.8. The van der Waals surface area contributed by atoms with Crippen LogP contribution in [0.3, 0.4) is 0 Å². The number of hydrogen-bond acceptors (Lipinski definition) is 12. The van der Waals surface area contributed by atoms with Gasteiger partial charge in [0.05, 0.1) is 33.0 Å². The highest BCUT2D eigenvalue weighted by molar-refractivity contribution is 7.90. The van der Waals surface area contributed by atoms with E-state index in [1.807, 2.05) is 12.1 Å². The van der Waals surface area contributed by atoms with Crippen molar-refractivity contribution in [2.24, 2.45) is 11.3 Å². The van der Waals surface area contributed by atoms with Crippen molar-refractivity contribution in [3.8, 4) is 17.4 Å². The van der Waals surface area contributed by atoms with Crippen LogP contribution in [0.15, 0.2) is 77.8 Å². The number of hydrogen-bond donors (Lipinski definition) is 4. The number of amides is 1. The number of carbonyl (C=O) groups excluding carboxylic acids is 1. The number of nitro benzene ring substituents is 1. The topological polar surface area (TPSA) is 192 Å². The van der Waals surface area contributed by atoms with Gasteiger partial charge in [0.1, 0.15) is 22.9 Å². The number of pyridine rings is 1. The summed E-state index contributed by atoms with van der Waals surface area (Å²) in [4.78, 5) is 36.9. The van der Waals surface area contributed by atoms with Crippen LogP contribution in [-0.2, 0) is 15.9 Å². The molecule has 4 fully saturated rings. The number of likely N-dealkylation sites (tertiary alicyclic amines) is 1. The predicted molar refractivity (Wildman–Crippen MR) is 254 cm³/mol. The molecule has 2 saturated carbocycles. The van der Waals surface area contributed by atoms with Gasteiger partial charge < -0.3 is 29.8 Å². The zero-order valence-electron chi connectivity index (χ0n) is 38.9. The summed E-state index contributed by atoms with van der Waals surface area (Å²) in [6.07, 6.45) is 8.32. The van der Waals surface area contributed by atoms with Crippen LogP contribution in [0.25, 0.3) is 11.0 Å². The lowest BCUT2D eigenvalue weighted by Crippen LogP contribution is -2.63. The number of alkyl halides is 2. The highest BCUT2D eigenvalue weighted by Crippen LogP contribution is 2.50. The van der Waals surface area contributed by atoms with E-state index >= 15 is 0 Å². The molecule has 9 rings (SSSR count). The second-order valence-electron chi connectivity index (χ2n) is 19.7. The number of nitrogens with one attached hydrogen (secondary N) is 3. The van der Waals surface area contributed by atoms with E-state index in [1.165, 1.54) is 24.3 Å². The Morgan fingerprint density at radius 1 is 1.01 bits per heavy atom. The van der Waals surface area contributed by atoms with Gasteiger partial charge in [-0.25, -0.2) is 26.3 Å². The maximum absolute atomic E-state index is 14.9. The molecule has 5 aromatic rings. The molecule has 4 aliphatic rings. The normalized spacial score (nSPS) is 22.9. The molecule has 4 heterocycles. The molecule has 2 aliphatic heterocycles. The van der Waals surface area contributed by atoms with Gasteiger partial charge in [0.15, 0.2) is 5.75 Å². The van der Waals surface area contributed by atoms with Crippen molar-refractivity contribution in [2.75, 3.05) is 49.5 Å². The average Bonchev–Trinajstić information content (AvgIpc) is 3.93. The molecule has 0 unspecified atom stereocenters. The van der Waals surface area contributed by atoms with Crippen LogP contribution in [-0.4, -0.2) is 90.2 Å². The molecular weight excluding hydrogens is 916 g/mol. The fourth-order valence-corrected chi connectivity index (χ4v) is 11.9. The summed E-state index contributed by atoms with van der Waals surface area (Å²) in [5.41, 5.74) is 0.474. The predicted octanol–water partition coefficient (Wildman–Crippen LogP) is 9.62. The van der Waals surface area contributed by atoms with Crippen LogP contribution >= 0.6 is 0 Å². The zero-order valence-corrected chi connectivity index (χ0v) is 39.7. The van der Waals surface area contributed by atoms with Crippen molar-refractivity contribution in [3.05, 3.63) is 106 Å². The summed E-state index contributed by atoms with van der Waals surface area (Å²) in [5.74, 6) is -4.52. The number of anilines is 2. The number of rotatable bonds is 15. The number of piperidine rings is 1. The van der Waals surface area contributed by atoms with E-state index in [2.05, 4.69) is 29.8 Å². The lowest BCUT2D eigenvalue weighted by atomic mass is 9.70. The lowest BCUT2D eigenvalue weighted by molar-refractivity contribution is -0.384. The van der Waals surface area contributed by atoms with Gasteiger partial charge in [0, 0.05) is 81.3 Å². The van der Waals surface area contributed by atoms with E-state index in [4.69, 9.17) is 9.47 Å². The Morgan fingerprint density at radius 3 is 2.46 bits per heavy atom. The van der Waals surface area contributed by atoms with Gasteiger partial charge in [-0.1, -0.05) is 30.7 Å². The largest absolute Gasteiger partial charge is 0.475 e. The highest BCUT2D eigenvalue weighted by atomic mass is 32.2. The molecule has 2 aliphatic carbocycles. The lowest BCUT2D eigenvalue weighted by Gasteiger charge is -2.57. The van der Waals surface area contributed by atoms with Gasteiger partial charge in [-0.15, -0.1) is 0 Å². The number of aliphatic hydroxyl groups is 1. The van der Waals surface area contributed by atoms with Crippen molar-refractivity contribution < 1.29 is 45.9 Å². The molecule has 15 nitrogen and oxygen atoms in total. The second-order valence-corrected chi connectivity index (χ2v) is 21.4. The molecule has 1 amide bonds. The maximum Gasteiger partial charge on any atom is 0.293 e. The third-order valence-electron chi connectivity index (χ3n) is 14.8. The average molecular weight is 974 g/mol. The Kier molecular flexibility index (Phi) is 13.1. The summed E-state index contributed by atoms with van der Waals surface area (Å²) in [6, 6.07) is 16.6. The number of nitro groups is 1. The smallest absolute Gasteiger partial charge is 0.293 e. The summed E-state index contributed by atoms with van der Waals surface area (Å²) >= 11 is 0. The van der Waals surface area contributed by atoms with E-state index in [0.717, 1.165) is 82.8 Å². The van der Waals surface area contributed by atoms with Crippen LogP contribution in [0.1, 0.15) is 106 Å². The highest BCUT2D eigenvalue weighted by Gasteiger charge is 2.50. The van der Waals surface area contributed by atoms with E-state index in [-0.39, 0.29) is 75.1 Å². The fourth-order valence-electron chi connectivity index (χ4n) is 10.9. The van der Waals surface area contributed by atoms with Crippen molar-refractivity contribution in [2.45, 2.75) is 107 Å².